The number of aryl methyl sites for hydroxylation is 1. The van der Waals surface area contributed by atoms with E-state index in [0.29, 0.717) is 0 Å². The van der Waals surface area contributed by atoms with Crippen LogP contribution in [0.2, 0.25) is 0 Å². The zero-order chi connectivity index (χ0) is 11.4. The van der Waals surface area contributed by atoms with Crippen molar-refractivity contribution in [1.29, 1.82) is 0 Å². The second-order valence-electron chi connectivity index (χ2n) is 4.13. The second kappa shape index (κ2) is 5.08. The number of carbonyl (C=O) groups is 1. The third-order valence-corrected chi connectivity index (χ3v) is 2.42. The van der Waals surface area contributed by atoms with Crippen molar-refractivity contribution in [3.8, 4) is 0 Å². The molecule has 0 aromatic heterocycles. The van der Waals surface area contributed by atoms with E-state index >= 15 is 0 Å². The van der Waals surface area contributed by atoms with E-state index in [2.05, 4.69) is 0 Å². The van der Waals surface area contributed by atoms with Crippen LogP contribution in [0.4, 0.5) is 0 Å². The Kier molecular flexibility index (Phi) is 4.04. The summed E-state index contributed by atoms with van der Waals surface area (Å²) in [6, 6.07) is 7.62. The van der Waals surface area contributed by atoms with Gasteiger partial charge in [0.25, 0.3) is 0 Å². The molecule has 0 aliphatic rings. The molecular formula is C13H18O2. The normalized spacial score (nSPS) is 12.9. The molecule has 0 fully saturated rings. The van der Waals surface area contributed by atoms with Crippen LogP contribution in [0.5, 0.6) is 0 Å². The Balaban J connectivity index is 2.93. The van der Waals surface area contributed by atoms with Crippen molar-refractivity contribution in [3.63, 3.8) is 0 Å². The lowest BCUT2D eigenvalue weighted by Gasteiger charge is -2.17. The summed E-state index contributed by atoms with van der Waals surface area (Å²) in [5.74, 6) is 0.263. The van der Waals surface area contributed by atoms with E-state index in [9.17, 15) is 4.79 Å². The molecule has 0 amide bonds. The van der Waals surface area contributed by atoms with E-state index in [1.165, 1.54) is 0 Å². The van der Waals surface area contributed by atoms with Gasteiger partial charge in [-0.1, -0.05) is 37.6 Å². The van der Waals surface area contributed by atoms with Gasteiger partial charge in [-0.2, -0.15) is 0 Å². The van der Waals surface area contributed by atoms with Crippen molar-refractivity contribution in [1.82, 2.24) is 0 Å². The van der Waals surface area contributed by atoms with Crippen LogP contribution in [0.3, 0.4) is 0 Å². The summed E-state index contributed by atoms with van der Waals surface area (Å²) in [4.78, 5) is 12.0. The molecule has 0 saturated carbocycles. The van der Waals surface area contributed by atoms with E-state index in [4.69, 9.17) is 4.74 Å². The summed E-state index contributed by atoms with van der Waals surface area (Å²) in [5.41, 5.74) is 1.83. The molecule has 0 saturated heterocycles. The molecule has 0 radical (unpaired) electrons. The number of hydrogen-bond donors (Lipinski definition) is 0. The molecular weight excluding hydrogens is 188 g/mol. The molecule has 1 aromatic carbocycles. The van der Waals surface area contributed by atoms with Gasteiger partial charge in [-0.25, -0.2) is 0 Å². The number of Topliss-reactive ketones (excluding diaryl/α,β-unsaturated/α-hetero) is 1. The minimum atomic E-state index is -0.341. The first kappa shape index (κ1) is 11.9. The van der Waals surface area contributed by atoms with Crippen molar-refractivity contribution < 1.29 is 9.53 Å². The Hall–Kier alpha value is -1.15. The molecule has 1 rings (SSSR count). The second-order valence-corrected chi connectivity index (χ2v) is 4.13. The predicted octanol–water partition coefficient (Wildman–Crippen LogP) is 2.85. The van der Waals surface area contributed by atoms with Gasteiger partial charge < -0.3 is 4.74 Å². The highest BCUT2D eigenvalue weighted by Gasteiger charge is 2.22. The lowest BCUT2D eigenvalue weighted by molar-refractivity contribution is 0.0458. The van der Waals surface area contributed by atoms with Gasteiger partial charge in [0, 0.05) is 12.7 Å². The maximum absolute atomic E-state index is 12.0. The highest BCUT2D eigenvalue weighted by atomic mass is 16.5. The highest BCUT2D eigenvalue weighted by molar-refractivity contribution is 5.99. The van der Waals surface area contributed by atoms with Crippen LogP contribution in [0.1, 0.15) is 29.8 Å². The Bertz CT molecular complexity index is 342. The number of ether oxygens (including phenoxy) is 1. The van der Waals surface area contributed by atoms with Gasteiger partial charge in [-0.15, -0.1) is 0 Å². The summed E-state index contributed by atoms with van der Waals surface area (Å²) in [6.45, 7) is 5.96. The molecule has 0 aliphatic heterocycles. The van der Waals surface area contributed by atoms with Crippen molar-refractivity contribution in [2.24, 2.45) is 5.92 Å². The highest BCUT2D eigenvalue weighted by Crippen LogP contribution is 2.14. The van der Waals surface area contributed by atoms with Gasteiger partial charge in [-0.05, 0) is 18.9 Å². The zero-order valence-electron chi connectivity index (χ0n) is 9.78. The van der Waals surface area contributed by atoms with Crippen LogP contribution in [-0.4, -0.2) is 19.0 Å². The van der Waals surface area contributed by atoms with Crippen molar-refractivity contribution in [2.45, 2.75) is 26.9 Å². The van der Waals surface area contributed by atoms with Gasteiger partial charge in [-0.3, -0.25) is 4.79 Å². The third kappa shape index (κ3) is 2.90. The van der Waals surface area contributed by atoms with Crippen LogP contribution in [-0.2, 0) is 4.74 Å². The van der Waals surface area contributed by atoms with E-state index in [1.54, 1.807) is 7.11 Å². The van der Waals surface area contributed by atoms with Gasteiger partial charge in [0.15, 0.2) is 5.78 Å². The monoisotopic (exact) mass is 206 g/mol. The quantitative estimate of drug-likeness (QED) is 0.708. The van der Waals surface area contributed by atoms with Gasteiger partial charge >= 0.3 is 0 Å². The summed E-state index contributed by atoms with van der Waals surface area (Å²) in [7, 11) is 1.58. The summed E-state index contributed by atoms with van der Waals surface area (Å²) >= 11 is 0. The van der Waals surface area contributed by atoms with E-state index in [-0.39, 0.29) is 17.8 Å². The molecule has 1 unspecified atom stereocenters. The zero-order valence-corrected chi connectivity index (χ0v) is 9.78. The van der Waals surface area contributed by atoms with Crippen LogP contribution in [0.15, 0.2) is 24.3 Å². The topological polar surface area (TPSA) is 26.3 Å². The van der Waals surface area contributed by atoms with E-state index in [1.807, 2.05) is 45.0 Å². The fourth-order valence-electron chi connectivity index (χ4n) is 1.64. The number of methoxy groups -OCH3 is 1. The fourth-order valence-corrected chi connectivity index (χ4v) is 1.64. The Morgan fingerprint density at radius 3 is 2.47 bits per heavy atom. The predicted molar refractivity (Wildman–Crippen MR) is 61.1 cm³/mol. The average molecular weight is 206 g/mol. The van der Waals surface area contributed by atoms with Crippen molar-refractivity contribution in [2.75, 3.05) is 7.11 Å². The first-order valence-electron chi connectivity index (χ1n) is 5.20. The standard InChI is InChI=1S/C13H18O2/c1-9(2)13(15-4)12(14)11-7-5-6-10(3)8-11/h5-9,13H,1-4H3. The molecule has 1 atom stereocenters. The lowest BCUT2D eigenvalue weighted by atomic mass is 9.97. The number of carbonyl (C=O) groups excluding carboxylic acids is 1. The molecule has 2 heteroatoms. The lowest BCUT2D eigenvalue weighted by Crippen LogP contribution is -2.28. The van der Waals surface area contributed by atoms with Gasteiger partial charge in [0.2, 0.25) is 0 Å². The van der Waals surface area contributed by atoms with Crippen LogP contribution >= 0.6 is 0 Å². The molecule has 2 nitrogen and oxygen atoms in total. The van der Waals surface area contributed by atoms with E-state index in [0.717, 1.165) is 11.1 Å². The molecule has 15 heavy (non-hydrogen) atoms. The summed E-state index contributed by atoms with van der Waals surface area (Å²) in [5, 5.41) is 0. The SMILES string of the molecule is COC(C(=O)c1cccc(C)c1)C(C)C. The summed E-state index contributed by atoms with van der Waals surface area (Å²) in [6.07, 6.45) is -0.341. The maximum atomic E-state index is 12.0. The number of hydrogen-bond acceptors (Lipinski definition) is 2. The number of ketones is 1. The van der Waals surface area contributed by atoms with Crippen molar-refractivity contribution >= 4 is 5.78 Å². The first-order chi connectivity index (χ1) is 7.06. The largest absolute Gasteiger partial charge is 0.373 e. The number of rotatable bonds is 4. The average Bonchev–Trinajstić information content (AvgIpc) is 2.18. The van der Waals surface area contributed by atoms with E-state index < -0.39 is 0 Å². The molecule has 0 bridgehead atoms. The molecule has 1 aromatic rings. The Morgan fingerprint density at radius 2 is 2.00 bits per heavy atom. The van der Waals surface area contributed by atoms with Crippen molar-refractivity contribution in [3.05, 3.63) is 35.4 Å². The molecule has 82 valence electrons. The Morgan fingerprint density at radius 1 is 1.33 bits per heavy atom. The first-order valence-corrected chi connectivity index (χ1v) is 5.20. The van der Waals surface area contributed by atoms with Crippen LogP contribution < -0.4 is 0 Å². The minimum Gasteiger partial charge on any atom is -0.373 e. The number of benzene rings is 1. The smallest absolute Gasteiger partial charge is 0.191 e. The minimum absolute atomic E-state index is 0.0659. The molecule has 0 N–H and O–H groups in total. The fraction of sp³-hybridized carbons (Fsp3) is 0.462. The third-order valence-electron chi connectivity index (χ3n) is 2.42. The summed E-state index contributed by atoms with van der Waals surface area (Å²) < 4.78 is 5.22. The maximum Gasteiger partial charge on any atom is 0.191 e. The molecule has 0 aliphatic carbocycles. The Labute approximate surface area is 91.3 Å². The van der Waals surface area contributed by atoms with Crippen LogP contribution in [0, 0.1) is 12.8 Å². The molecule has 0 heterocycles. The van der Waals surface area contributed by atoms with Gasteiger partial charge in [0.1, 0.15) is 6.10 Å². The molecule has 0 spiro atoms. The van der Waals surface area contributed by atoms with Gasteiger partial charge in [0.05, 0.1) is 0 Å². The van der Waals surface area contributed by atoms with Crippen LogP contribution in [0.25, 0.3) is 0 Å².